The Bertz CT molecular complexity index is 244. The monoisotopic (exact) mass is 157 g/mol. The van der Waals surface area contributed by atoms with Crippen LogP contribution in [0.3, 0.4) is 0 Å². The van der Waals surface area contributed by atoms with Gasteiger partial charge in [-0.05, 0) is 6.92 Å². The summed E-state index contributed by atoms with van der Waals surface area (Å²) in [6, 6.07) is 0. The van der Waals surface area contributed by atoms with E-state index >= 15 is 0 Å². The van der Waals surface area contributed by atoms with Crippen molar-refractivity contribution in [3.63, 3.8) is 0 Å². The Morgan fingerprint density at radius 3 is 3.00 bits per heavy atom. The summed E-state index contributed by atoms with van der Waals surface area (Å²) in [5.74, 6) is 0.120. The molecule has 0 aliphatic rings. The molecule has 4 heteroatoms. The Labute approximate surface area is 63.1 Å². The normalized spacial score (nSPS) is 9.70. The molecule has 0 atom stereocenters. The van der Waals surface area contributed by atoms with E-state index in [0.29, 0.717) is 11.7 Å². The zero-order valence-corrected chi connectivity index (χ0v) is 6.52. The maximum atomic E-state index is 10.6. The molecule has 3 nitrogen and oxygen atoms in total. The minimum atomic E-state index is 0.120. The van der Waals surface area contributed by atoms with Crippen molar-refractivity contribution in [1.29, 1.82) is 0 Å². The lowest BCUT2D eigenvalue weighted by Crippen LogP contribution is -2.37. The van der Waals surface area contributed by atoms with Gasteiger partial charge in [0.15, 0.2) is 5.78 Å². The van der Waals surface area contributed by atoms with Crippen LogP contribution in [0, 0.1) is 0 Å². The molecule has 1 rings (SSSR count). The number of carbonyl (C=O) groups excluding carboxylic acids is 1. The predicted octanol–water partition coefficient (Wildman–Crippen LogP) is 0.207. The Kier molecular flexibility index (Phi) is 2.01. The van der Waals surface area contributed by atoms with Crippen molar-refractivity contribution in [2.75, 3.05) is 5.73 Å². The van der Waals surface area contributed by atoms with Crippen molar-refractivity contribution in [3.05, 3.63) is 11.6 Å². The first-order valence-corrected chi connectivity index (χ1v) is 3.80. The average molecular weight is 157 g/mol. The number of nitrogens with two attached hydrogens (primary N) is 1. The summed E-state index contributed by atoms with van der Waals surface area (Å²) >= 11 is 1.43. The lowest BCUT2D eigenvalue weighted by Gasteiger charge is -1.90. The van der Waals surface area contributed by atoms with Gasteiger partial charge in [0.1, 0.15) is 12.7 Å². The molecular formula is C6H9N2OS+. The molecule has 1 aromatic heterocycles. The number of nitrogen functional groups attached to an aromatic ring is 1. The van der Waals surface area contributed by atoms with Crippen molar-refractivity contribution >= 4 is 22.3 Å². The van der Waals surface area contributed by atoms with Gasteiger partial charge in [-0.2, -0.15) is 0 Å². The largest absolute Gasteiger partial charge is 0.331 e. The topological polar surface area (TPSA) is 47.0 Å². The number of aromatic nitrogens is 1. The SMILES string of the molecule is CC(=O)C[n+]1ccsc1N. The second-order valence-corrected chi connectivity index (χ2v) is 3.00. The molecular weight excluding hydrogens is 148 g/mol. The van der Waals surface area contributed by atoms with Crippen LogP contribution in [0.4, 0.5) is 5.13 Å². The van der Waals surface area contributed by atoms with E-state index in [2.05, 4.69) is 0 Å². The van der Waals surface area contributed by atoms with Crippen molar-refractivity contribution in [3.8, 4) is 0 Å². The number of ketones is 1. The highest BCUT2D eigenvalue weighted by Gasteiger charge is 2.06. The molecule has 0 aliphatic carbocycles. The van der Waals surface area contributed by atoms with Gasteiger partial charge >= 0.3 is 5.13 Å². The van der Waals surface area contributed by atoms with Crippen molar-refractivity contribution in [2.24, 2.45) is 0 Å². The van der Waals surface area contributed by atoms with E-state index in [0.717, 1.165) is 0 Å². The third kappa shape index (κ3) is 1.54. The summed E-state index contributed by atoms with van der Waals surface area (Å²) in [4.78, 5) is 10.6. The summed E-state index contributed by atoms with van der Waals surface area (Å²) < 4.78 is 1.73. The van der Waals surface area contributed by atoms with Crippen molar-refractivity contribution in [1.82, 2.24) is 0 Å². The Morgan fingerprint density at radius 2 is 2.60 bits per heavy atom. The van der Waals surface area contributed by atoms with E-state index in [1.807, 2.05) is 5.38 Å². The maximum Gasteiger partial charge on any atom is 0.331 e. The van der Waals surface area contributed by atoms with E-state index in [-0.39, 0.29) is 5.78 Å². The van der Waals surface area contributed by atoms with Crippen molar-refractivity contribution in [2.45, 2.75) is 13.5 Å². The number of Topliss-reactive ketones (excluding diaryl/α,β-unsaturated/α-hetero) is 1. The van der Waals surface area contributed by atoms with Crippen LogP contribution in [-0.2, 0) is 11.3 Å². The number of rotatable bonds is 2. The first-order chi connectivity index (χ1) is 4.70. The fraction of sp³-hybridized carbons (Fsp3) is 0.333. The van der Waals surface area contributed by atoms with Crippen LogP contribution in [0.5, 0.6) is 0 Å². The van der Waals surface area contributed by atoms with Crippen LogP contribution in [0.25, 0.3) is 0 Å². The standard InChI is InChI=1S/C6H8N2OS/c1-5(9)4-8-2-3-10-6(8)7/h2-3,7H,4H2,1H3/p+1. The van der Waals surface area contributed by atoms with Crippen LogP contribution < -0.4 is 10.3 Å². The molecule has 1 heterocycles. The average Bonchev–Trinajstić information content (AvgIpc) is 2.15. The fourth-order valence-corrected chi connectivity index (χ4v) is 1.29. The fourth-order valence-electron chi connectivity index (χ4n) is 0.685. The molecule has 0 aliphatic heterocycles. The molecule has 0 saturated heterocycles. The second kappa shape index (κ2) is 2.79. The van der Waals surface area contributed by atoms with Gasteiger partial charge < -0.3 is 0 Å². The quantitative estimate of drug-likeness (QED) is 0.624. The maximum absolute atomic E-state index is 10.6. The minimum absolute atomic E-state index is 0.120. The molecule has 0 unspecified atom stereocenters. The zero-order chi connectivity index (χ0) is 7.56. The summed E-state index contributed by atoms with van der Waals surface area (Å²) in [6.45, 7) is 1.93. The third-order valence-corrected chi connectivity index (χ3v) is 1.84. The van der Waals surface area contributed by atoms with E-state index in [1.165, 1.54) is 11.3 Å². The first-order valence-electron chi connectivity index (χ1n) is 2.92. The highest BCUT2D eigenvalue weighted by molar-refractivity contribution is 7.12. The van der Waals surface area contributed by atoms with Crippen LogP contribution in [0.1, 0.15) is 6.92 Å². The molecule has 10 heavy (non-hydrogen) atoms. The minimum Gasteiger partial charge on any atom is -0.296 e. The first kappa shape index (κ1) is 7.21. The van der Waals surface area contributed by atoms with Gasteiger partial charge in [0, 0.05) is 5.38 Å². The van der Waals surface area contributed by atoms with Gasteiger partial charge in [0.2, 0.25) is 0 Å². The van der Waals surface area contributed by atoms with Crippen LogP contribution in [-0.4, -0.2) is 5.78 Å². The molecule has 0 saturated carbocycles. The molecule has 0 radical (unpaired) electrons. The van der Waals surface area contributed by atoms with Gasteiger partial charge in [-0.25, -0.2) is 4.57 Å². The predicted molar refractivity (Wildman–Crippen MR) is 39.6 cm³/mol. The van der Waals surface area contributed by atoms with Gasteiger partial charge in [-0.1, -0.05) is 11.3 Å². The van der Waals surface area contributed by atoms with Crippen molar-refractivity contribution < 1.29 is 9.36 Å². The molecule has 0 fully saturated rings. The van der Waals surface area contributed by atoms with Crippen LogP contribution in [0.15, 0.2) is 11.6 Å². The summed E-state index contributed by atoms with van der Waals surface area (Å²) in [5, 5.41) is 2.54. The molecule has 0 aromatic carbocycles. The zero-order valence-electron chi connectivity index (χ0n) is 5.70. The van der Waals surface area contributed by atoms with E-state index in [9.17, 15) is 4.79 Å². The lowest BCUT2D eigenvalue weighted by atomic mass is 10.4. The second-order valence-electron chi connectivity index (χ2n) is 2.07. The van der Waals surface area contributed by atoms with E-state index in [4.69, 9.17) is 5.73 Å². The molecule has 1 aromatic rings. The molecule has 54 valence electrons. The lowest BCUT2D eigenvalue weighted by molar-refractivity contribution is -0.665. The van der Waals surface area contributed by atoms with Gasteiger partial charge in [0.25, 0.3) is 0 Å². The third-order valence-electron chi connectivity index (χ3n) is 1.11. The van der Waals surface area contributed by atoms with E-state index < -0.39 is 0 Å². The highest BCUT2D eigenvalue weighted by atomic mass is 32.1. The molecule has 0 bridgehead atoms. The van der Waals surface area contributed by atoms with Crippen LogP contribution in [0.2, 0.25) is 0 Å². The van der Waals surface area contributed by atoms with Gasteiger partial charge in [-0.3, -0.25) is 10.5 Å². The highest BCUT2D eigenvalue weighted by Crippen LogP contribution is 2.01. The smallest absolute Gasteiger partial charge is 0.296 e. The summed E-state index contributed by atoms with van der Waals surface area (Å²) in [6.07, 6.45) is 1.81. The summed E-state index contributed by atoms with van der Waals surface area (Å²) in [7, 11) is 0. The van der Waals surface area contributed by atoms with Gasteiger partial charge in [-0.15, -0.1) is 0 Å². The Hall–Kier alpha value is -0.900. The number of anilines is 1. The number of hydrogen-bond donors (Lipinski definition) is 1. The number of nitrogens with zero attached hydrogens (tertiary/aromatic N) is 1. The van der Waals surface area contributed by atoms with E-state index in [1.54, 1.807) is 17.7 Å². The van der Waals surface area contributed by atoms with Crippen LogP contribution >= 0.6 is 11.3 Å². The summed E-state index contributed by atoms with van der Waals surface area (Å²) in [5.41, 5.74) is 5.52. The number of hydrogen-bond acceptors (Lipinski definition) is 3. The number of thiazole rings is 1. The molecule has 0 spiro atoms. The Balaban J connectivity index is 2.74. The molecule has 2 N–H and O–H groups in total. The Morgan fingerprint density at radius 1 is 1.90 bits per heavy atom. The molecule has 0 amide bonds. The number of carbonyl (C=O) groups is 1. The van der Waals surface area contributed by atoms with Gasteiger partial charge in [0.05, 0.1) is 0 Å².